The summed E-state index contributed by atoms with van der Waals surface area (Å²) < 4.78 is 0. The van der Waals surface area contributed by atoms with Gasteiger partial charge in [0.05, 0.1) is 5.69 Å². The topological polar surface area (TPSA) is 46.2 Å². The van der Waals surface area contributed by atoms with Gasteiger partial charge in [-0.2, -0.15) is 0 Å². The zero-order valence-corrected chi connectivity index (χ0v) is 10.1. The van der Waals surface area contributed by atoms with Crippen molar-refractivity contribution in [1.82, 2.24) is 0 Å². The standard InChI is InChI=1S/C13H17NO2/c1-9(16)14-12-10(8-15)6-5-7-11(12)13(2,3)4/h5-8H,1-4H3,(H,14,16). The molecule has 1 amide bonds. The maximum Gasteiger partial charge on any atom is 0.221 e. The molecule has 1 rings (SSSR count). The van der Waals surface area contributed by atoms with Gasteiger partial charge < -0.3 is 5.32 Å². The first kappa shape index (κ1) is 12.4. The Balaban J connectivity index is 3.37. The van der Waals surface area contributed by atoms with Crippen LogP contribution in [-0.2, 0) is 10.2 Å². The quantitative estimate of drug-likeness (QED) is 0.777. The Bertz CT molecular complexity index is 416. The third kappa shape index (κ3) is 2.69. The third-order valence-electron chi connectivity index (χ3n) is 2.33. The minimum Gasteiger partial charge on any atom is -0.325 e. The Morgan fingerprint density at radius 1 is 1.31 bits per heavy atom. The highest BCUT2D eigenvalue weighted by Gasteiger charge is 2.20. The maximum atomic E-state index is 11.1. The van der Waals surface area contributed by atoms with Gasteiger partial charge in [0.15, 0.2) is 6.29 Å². The number of hydrogen-bond acceptors (Lipinski definition) is 2. The van der Waals surface area contributed by atoms with Crippen LogP contribution in [0.2, 0.25) is 0 Å². The molecule has 1 aromatic carbocycles. The molecule has 0 fully saturated rings. The van der Waals surface area contributed by atoms with Crippen LogP contribution >= 0.6 is 0 Å². The van der Waals surface area contributed by atoms with Gasteiger partial charge in [0.2, 0.25) is 5.91 Å². The normalized spacial score (nSPS) is 11.0. The van der Waals surface area contributed by atoms with Gasteiger partial charge in [-0.25, -0.2) is 0 Å². The van der Waals surface area contributed by atoms with Gasteiger partial charge in [0, 0.05) is 12.5 Å². The Labute approximate surface area is 95.9 Å². The highest BCUT2D eigenvalue weighted by atomic mass is 16.1. The molecule has 0 aliphatic rings. The van der Waals surface area contributed by atoms with Crippen molar-refractivity contribution in [2.75, 3.05) is 5.32 Å². The molecule has 1 aromatic rings. The summed E-state index contributed by atoms with van der Waals surface area (Å²) in [6.45, 7) is 7.57. The fraction of sp³-hybridized carbons (Fsp3) is 0.385. The molecule has 1 N–H and O–H groups in total. The second kappa shape index (κ2) is 4.47. The second-order valence-electron chi connectivity index (χ2n) is 4.82. The van der Waals surface area contributed by atoms with E-state index in [0.29, 0.717) is 11.3 Å². The molecule has 0 radical (unpaired) electrons. The van der Waals surface area contributed by atoms with Crippen LogP contribution in [-0.4, -0.2) is 12.2 Å². The van der Waals surface area contributed by atoms with Gasteiger partial charge in [-0.1, -0.05) is 32.9 Å². The van der Waals surface area contributed by atoms with E-state index >= 15 is 0 Å². The van der Waals surface area contributed by atoms with E-state index in [2.05, 4.69) is 5.32 Å². The molecular formula is C13H17NO2. The van der Waals surface area contributed by atoms with Crippen molar-refractivity contribution in [2.24, 2.45) is 0 Å². The first-order valence-electron chi connectivity index (χ1n) is 5.22. The maximum absolute atomic E-state index is 11.1. The van der Waals surface area contributed by atoms with Crippen molar-refractivity contribution < 1.29 is 9.59 Å². The molecule has 86 valence electrons. The van der Waals surface area contributed by atoms with E-state index in [-0.39, 0.29) is 11.3 Å². The van der Waals surface area contributed by atoms with Crippen LogP contribution < -0.4 is 5.32 Å². The molecule has 0 spiro atoms. The summed E-state index contributed by atoms with van der Waals surface area (Å²) in [4.78, 5) is 22.1. The van der Waals surface area contributed by atoms with Crippen molar-refractivity contribution in [1.29, 1.82) is 0 Å². The predicted molar refractivity (Wildman–Crippen MR) is 64.8 cm³/mol. The van der Waals surface area contributed by atoms with E-state index < -0.39 is 0 Å². The minimum atomic E-state index is -0.167. The number of rotatable bonds is 2. The van der Waals surface area contributed by atoms with Crippen molar-refractivity contribution >= 4 is 17.9 Å². The zero-order chi connectivity index (χ0) is 12.3. The van der Waals surface area contributed by atoms with Crippen molar-refractivity contribution in [3.05, 3.63) is 29.3 Å². The third-order valence-corrected chi connectivity index (χ3v) is 2.33. The van der Waals surface area contributed by atoms with E-state index in [4.69, 9.17) is 0 Å². The lowest BCUT2D eigenvalue weighted by atomic mass is 9.84. The molecule has 0 aliphatic carbocycles. The highest BCUT2D eigenvalue weighted by molar-refractivity contribution is 5.96. The number of aldehydes is 1. The van der Waals surface area contributed by atoms with Crippen LogP contribution in [0.5, 0.6) is 0 Å². The van der Waals surface area contributed by atoms with Crippen molar-refractivity contribution in [3.8, 4) is 0 Å². The first-order valence-corrected chi connectivity index (χ1v) is 5.22. The van der Waals surface area contributed by atoms with Crippen LogP contribution in [0.25, 0.3) is 0 Å². The summed E-state index contributed by atoms with van der Waals surface area (Å²) in [5.74, 6) is -0.167. The molecule has 0 bridgehead atoms. The lowest BCUT2D eigenvalue weighted by Gasteiger charge is -2.23. The molecule has 0 unspecified atom stereocenters. The number of anilines is 1. The van der Waals surface area contributed by atoms with Crippen LogP contribution in [0, 0.1) is 0 Å². The van der Waals surface area contributed by atoms with Gasteiger partial charge in [-0.15, -0.1) is 0 Å². The summed E-state index contributed by atoms with van der Waals surface area (Å²) in [7, 11) is 0. The summed E-state index contributed by atoms with van der Waals surface area (Å²) >= 11 is 0. The number of carbonyl (C=O) groups excluding carboxylic acids is 2. The van der Waals surface area contributed by atoms with Gasteiger partial charge >= 0.3 is 0 Å². The number of benzene rings is 1. The van der Waals surface area contributed by atoms with E-state index in [9.17, 15) is 9.59 Å². The molecule has 0 saturated heterocycles. The molecular weight excluding hydrogens is 202 g/mol. The first-order chi connectivity index (χ1) is 7.36. The summed E-state index contributed by atoms with van der Waals surface area (Å²) in [6.07, 6.45) is 0.764. The molecule has 0 aliphatic heterocycles. The summed E-state index contributed by atoms with van der Waals surface area (Å²) in [5, 5.41) is 2.73. The van der Waals surface area contributed by atoms with Gasteiger partial charge in [-0.3, -0.25) is 9.59 Å². The van der Waals surface area contributed by atoms with E-state index in [1.54, 1.807) is 6.07 Å². The SMILES string of the molecule is CC(=O)Nc1c(C=O)cccc1C(C)(C)C. The van der Waals surface area contributed by atoms with Crippen molar-refractivity contribution in [3.63, 3.8) is 0 Å². The minimum absolute atomic E-state index is 0.114. The zero-order valence-electron chi connectivity index (χ0n) is 10.1. The van der Waals surface area contributed by atoms with Crippen LogP contribution in [0.3, 0.4) is 0 Å². The lowest BCUT2D eigenvalue weighted by molar-refractivity contribution is -0.114. The number of hydrogen-bond donors (Lipinski definition) is 1. The van der Waals surface area contributed by atoms with Crippen LogP contribution in [0.4, 0.5) is 5.69 Å². The fourth-order valence-electron chi connectivity index (χ4n) is 1.61. The van der Waals surface area contributed by atoms with E-state index in [1.807, 2.05) is 32.9 Å². The van der Waals surface area contributed by atoms with Crippen LogP contribution in [0.15, 0.2) is 18.2 Å². The molecule has 16 heavy (non-hydrogen) atoms. The molecule has 3 heteroatoms. The number of para-hydroxylation sites is 1. The average Bonchev–Trinajstić information content (AvgIpc) is 2.15. The molecule has 0 aromatic heterocycles. The number of nitrogens with one attached hydrogen (secondary N) is 1. The lowest BCUT2D eigenvalue weighted by Crippen LogP contribution is -2.18. The van der Waals surface area contributed by atoms with Crippen LogP contribution in [0.1, 0.15) is 43.6 Å². The highest BCUT2D eigenvalue weighted by Crippen LogP contribution is 2.31. The average molecular weight is 219 g/mol. The molecule has 0 saturated carbocycles. The second-order valence-corrected chi connectivity index (χ2v) is 4.82. The summed E-state index contributed by atoms with van der Waals surface area (Å²) in [6, 6.07) is 5.46. The molecule has 0 heterocycles. The number of carbonyl (C=O) groups is 2. The Kier molecular flexibility index (Phi) is 3.48. The number of amides is 1. The van der Waals surface area contributed by atoms with Gasteiger partial charge in [0.1, 0.15) is 0 Å². The van der Waals surface area contributed by atoms with Crippen molar-refractivity contribution in [2.45, 2.75) is 33.1 Å². The van der Waals surface area contributed by atoms with E-state index in [0.717, 1.165) is 11.8 Å². The Morgan fingerprint density at radius 2 is 1.94 bits per heavy atom. The largest absolute Gasteiger partial charge is 0.325 e. The summed E-state index contributed by atoms with van der Waals surface area (Å²) in [5.41, 5.74) is 1.99. The monoisotopic (exact) mass is 219 g/mol. The fourth-order valence-corrected chi connectivity index (χ4v) is 1.61. The predicted octanol–water partition coefficient (Wildman–Crippen LogP) is 2.76. The Hall–Kier alpha value is -1.64. The molecule has 3 nitrogen and oxygen atoms in total. The van der Waals surface area contributed by atoms with Gasteiger partial charge in [-0.05, 0) is 17.0 Å². The van der Waals surface area contributed by atoms with Gasteiger partial charge in [0.25, 0.3) is 0 Å². The Morgan fingerprint density at radius 3 is 2.38 bits per heavy atom. The molecule has 0 atom stereocenters. The van der Waals surface area contributed by atoms with E-state index in [1.165, 1.54) is 6.92 Å². The smallest absolute Gasteiger partial charge is 0.221 e.